The van der Waals surface area contributed by atoms with Crippen LogP contribution in [0.15, 0.2) is 42.7 Å². The molecule has 6 heteroatoms. The first-order chi connectivity index (χ1) is 10.2. The van der Waals surface area contributed by atoms with Gasteiger partial charge in [-0.15, -0.1) is 0 Å². The normalized spacial score (nSPS) is 16.5. The summed E-state index contributed by atoms with van der Waals surface area (Å²) < 4.78 is 13.1. The lowest BCUT2D eigenvalue weighted by atomic mass is 10.2. The van der Waals surface area contributed by atoms with Gasteiger partial charge in [0.1, 0.15) is 13.2 Å². The lowest BCUT2D eigenvalue weighted by Gasteiger charge is -2.29. The molecule has 0 saturated heterocycles. The van der Waals surface area contributed by atoms with Gasteiger partial charge in [-0.05, 0) is 18.2 Å². The van der Waals surface area contributed by atoms with Crippen molar-refractivity contribution in [2.24, 2.45) is 0 Å². The van der Waals surface area contributed by atoms with Gasteiger partial charge in [-0.2, -0.15) is 5.10 Å². The molecule has 1 aliphatic rings. The number of fused-ring (bicyclic) bond motifs is 1. The molecule has 21 heavy (non-hydrogen) atoms. The highest BCUT2D eigenvalue weighted by atomic mass is 16.6. The fourth-order valence-electron chi connectivity index (χ4n) is 2.21. The molecule has 0 spiro atoms. The molecule has 2 heterocycles. The topological polar surface area (TPSA) is 56.6 Å². The van der Waals surface area contributed by atoms with Crippen LogP contribution in [0.2, 0.25) is 0 Å². The molecule has 0 N–H and O–H groups in total. The molecule has 0 aliphatic carbocycles. The highest BCUT2D eigenvalue weighted by molar-refractivity contribution is 5.75. The van der Waals surface area contributed by atoms with Crippen LogP contribution in [0.25, 0.3) is 0 Å². The van der Waals surface area contributed by atoms with Gasteiger partial charge in [-0.3, -0.25) is 9.48 Å². The van der Waals surface area contributed by atoms with Crippen molar-refractivity contribution < 1.29 is 14.3 Å². The average Bonchev–Trinajstić information content (AvgIpc) is 3.00. The Morgan fingerprint density at radius 2 is 2.19 bits per heavy atom. The number of carbonyl (C=O) groups excluding carboxylic acids is 1. The van der Waals surface area contributed by atoms with Gasteiger partial charge in [0.2, 0.25) is 5.91 Å². The van der Waals surface area contributed by atoms with Gasteiger partial charge in [0, 0.05) is 19.4 Å². The van der Waals surface area contributed by atoms with Crippen molar-refractivity contribution in [3.63, 3.8) is 0 Å². The maximum Gasteiger partial charge on any atom is 0.244 e. The van der Waals surface area contributed by atoms with Crippen molar-refractivity contribution in [3.8, 4) is 11.5 Å². The van der Waals surface area contributed by atoms with Crippen molar-refractivity contribution >= 4 is 5.91 Å². The Bertz CT molecular complexity index is 612. The van der Waals surface area contributed by atoms with Crippen LogP contribution < -0.4 is 9.47 Å². The molecule has 0 saturated carbocycles. The van der Waals surface area contributed by atoms with E-state index in [1.807, 2.05) is 24.3 Å². The molecule has 6 nitrogen and oxygen atoms in total. The highest BCUT2D eigenvalue weighted by Gasteiger charge is 2.23. The van der Waals surface area contributed by atoms with E-state index in [9.17, 15) is 4.79 Å². The Morgan fingerprint density at radius 3 is 2.95 bits per heavy atom. The van der Waals surface area contributed by atoms with Crippen LogP contribution in [0.5, 0.6) is 11.5 Å². The van der Waals surface area contributed by atoms with Crippen LogP contribution in [0, 0.1) is 0 Å². The summed E-state index contributed by atoms with van der Waals surface area (Å²) in [5.74, 6) is 1.46. The van der Waals surface area contributed by atoms with Crippen LogP contribution in [0.3, 0.4) is 0 Å². The molecular formula is C15H17N3O3. The average molecular weight is 287 g/mol. The molecular weight excluding hydrogens is 270 g/mol. The first-order valence-corrected chi connectivity index (χ1v) is 6.82. The fraction of sp³-hybridized carbons (Fsp3) is 0.333. The molecule has 1 aromatic carbocycles. The molecule has 0 fully saturated rings. The summed E-state index contributed by atoms with van der Waals surface area (Å²) in [4.78, 5) is 13.7. The van der Waals surface area contributed by atoms with E-state index in [2.05, 4.69) is 5.10 Å². The second kappa shape index (κ2) is 5.87. The summed E-state index contributed by atoms with van der Waals surface area (Å²) in [5.41, 5.74) is 0. The Labute approximate surface area is 122 Å². The molecule has 1 amide bonds. The van der Waals surface area contributed by atoms with Gasteiger partial charge in [0.15, 0.2) is 17.6 Å². The maximum atomic E-state index is 12.1. The predicted octanol–water partition coefficient (Wildman–Crippen LogP) is 1.18. The number of para-hydroxylation sites is 2. The van der Waals surface area contributed by atoms with Crippen molar-refractivity contribution in [1.82, 2.24) is 14.7 Å². The van der Waals surface area contributed by atoms with Gasteiger partial charge < -0.3 is 14.4 Å². The number of benzene rings is 1. The van der Waals surface area contributed by atoms with Gasteiger partial charge in [-0.1, -0.05) is 12.1 Å². The molecule has 1 aromatic heterocycles. The fourth-order valence-corrected chi connectivity index (χ4v) is 2.21. The highest BCUT2D eigenvalue weighted by Crippen LogP contribution is 2.30. The van der Waals surface area contributed by atoms with Crippen LogP contribution in [0.1, 0.15) is 0 Å². The minimum atomic E-state index is -0.161. The summed E-state index contributed by atoms with van der Waals surface area (Å²) >= 11 is 0. The Balaban J connectivity index is 1.56. The van der Waals surface area contributed by atoms with Crippen LogP contribution in [-0.4, -0.2) is 46.9 Å². The summed E-state index contributed by atoms with van der Waals surface area (Å²) in [5, 5.41) is 4.03. The van der Waals surface area contributed by atoms with E-state index >= 15 is 0 Å². The number of likely N-dealkylation sites (N-methyl/N-ethyl adjacent to an activating group) is 1. The second-order valence-corrected chi connectivity index (χ2v) is 4.98. The summed E-state index contributed by atoms with van der Waals surface area (Å²) in [6.07, 6.45) is 3.26. The smallest absolute Gasteiger partial charge is 0.244 e. The Morgan fingerprint density at radius 1 is 1.38 bits per heavy atom. The van der Waals surface area contributed by atoms with Crippen molar-refractivity contribution in [3.05, 3.63) is 42.7 Å². The molecule has 0 radical (unpaired) electrons. The number of amides is 1. The van der Waals surface area contributed by atoms with Gasteiger partial charge in [0.25, 0.3) is 0 Å². The van der Waals surface area contributed by atoms with E-state index < -0.39 is 0 Å². The molecule has 1 aliphatic heterocycles. The number of ether oxygens (including phenoxy) is 2. The summed E-state index contributed by atoms with van der Waals surface area (Å²) in [6, 6.07) is 9.34. The first kappa shape index (κ1) is 13.5. The number of hydrogen-bond acceptors (Lipinski definition) is 4. The lowest BCUT2D eigenvalue weighted by Crippen LogP contribution is -2.42. The van der Waals surface area contributed by atoms with Crippen molar-refractivity contribution in [2.75, 3.05) is 20.2 Å². The first-order valence-electron chi connectivity index (χ1n) is 6.82. The lowest BCUT2D eigenvalue weighted by molar-refractivity contribution is -0.132. The minimum Gasteiger partial charge on any atom is -0.486 e. The molecule has 0 bridgehead atoms. The number of carbonyl (C=O) groups is 1. The van der Waals surface area contributed by atoms with Gasteiger partial charge >= 0.3 is 0 Å². The zero-order chi connectivity index (χ0) is 14.7. The van der Waals surface area contributed by atoms with E-state index in [0.717, 1.165) is 11.5 Å². The molecule has 3 rings (SSSR count). The summed E-state index contributed by atoms with van der Waals surface area (Å²) in [7, 11) is 1.76. The zero-order valence-corrected chi connectivity index (χ0v) is 11.8. The standard InChI is InChI=1S/C15H17N3O3/c1-17(15(19)10-18-8-4-7-16-18)9-12-11-20-13-5-2-3-6-14(13)21-12/h2-8,12H,9-11H2,1H3/t12-/m0/s1. The number of nitrogens with zero attached hydrogens (tertiary/aromatic N) is 3. The third kappa shape index (κ3) is 3.16. The molecule has 110 valence electrons. The minimum absolute atomic E-state index is 0.0128. The van der Waals surface area contributed by atoms with Crippen LogP contribution in [-0.2, 0) is 11.3 Å². The Hall–Kier alpha value is -2.50. The largest absolute Gasteiger partial charge is 0.486 e. The third-order valence-electron chi connectivity index (χ3n) is 3.33. The van der Waals surface area contributed by atoms with E-state index in [0.29, 0.717) is 13.2 Å². The SMILES string of the molecule is CN(C[C@H]1COc2ccccc2O1)C(=O)Cn1cccn1. The number of aromatic nitrogens is 2. The molecule has 2 aromatic rings. The number of rotatable bonds is 4. The number of hydrogen-bond donors (Lipinski definition) is 0. The van der Waals surface area contributed by atoms with Crippen molar-refractivity contribution in [2.45, 2.75) is 12.6 Å². The van der Waals surface area contributed by atoms with Crippen LogP contribution in [0.4, 0.5) is 0 Å². The molecule has 1 atom stereocenters. The van der Waals surface area contributed by atoms with E-state index in [-0.39, 0.29) is 18.6 Å². The zero-order valence-electron chi connectivity index (χ0n) is 11.8. The van der Waals surface area contributed by atoms with Crippen LogP contribution >= 0.6 is 0 Å². The quantitative estimate of drug-likeness (QED) is 0.847. The van der Waals surface area contributed by atoms with E-state index in [4.69, 9.17) is 9.47 Å². The Kier molecular flexibility index (Phi) is 3.77. The maximum absolute atomic E-state index is 12.1. The van der Waals surface area contributed by atoms with Crippen molar-refractivity contribution in [1.29, 1.82) is 0 Å². The van der Waals surface area contributed by atoms with E-state index in [1.54, 1.807) is 35.1 Å². The van der Waals surface area contributed by atoms with Gasteiger partial charge in [-0.25, -0.2) is 0 Å². The summed E-state index contributed by atoms with van der Waals surface area (Å²) in [6.45, 7) is 1.15. The molecule has 0 unspecified atom stereocenters. The predicted molar refractivity (Wildman–Crippen MR) is 76.2 cm³/mol. The monoisotopic (exact) mass is 287 g/mol. The third-order valence-corrected chi connectivity index (χ3v) is 3.33. The van der Waals surface area contributed by atoms with E-state index in [1.165, 1.54) is 0 Å². The second-order valence-electron chi connectivity index (χ2n) is 4.98. The van der Waals surface area contributed by atoms with Gasteiger partial charge in [0.05, 0.1) is 6.54 Å².